The lowest BCUT2D eigenvalue weighted by Gasteiger charge is -2.37. The van der Waals surface area contributed by atoms with Gasteiger partial charge < -0.3 is 31.0 Å². The Kier molecular flexibility index (Phi) is 7.51. The minimum absolute atomic E-state index is 0.269. The van der Waals surface area contributed by atoms with E-state index in [0.717, 1.165) is 21.5 Å². The van der Waals surface area contributed by atoms with Gasteiger partial charge in [0.15, 0.2) is 6.10 Å². The number of fused-ring (bicyclic) bond motifs is 8. The molecule has 2 saturated heterocycles. The van der Waals surface area contributed by atoms with E-state index in [9.17, 15) is 0 Å². The number of ether oxygens (including phenoxy) is 3. The molecule has 4 heterocycles. The van der Waals surface area contributed by atoms with Gasteiger partial charge in [0.25, 0.3) is 0 Å². The maximum Gasteiger partial charge on any atom is 0.388 e. The zero-order valence-corrected chi connectivity index (χ0v) is 26.6. The fourth-order valence-corrected chi connectivity index (χ4v) is 8.49. The van der Waals surface area contributed by atoms with Gasteiger partial charge in [0, 0.05) is 21.5 Å². The molecular formula is C36H28O9P2. The Bertz CT molecular complexity index is 2170. The number of benzene rings is 5. The summed E-state index contributed by atoms with van der Waals surface area (Å²) in [7, 11) is -3.87. The van der Waals surface area contributed by atoms with Crippen molar-refractivity contribution < 1.29 is 40.0 Å². The van der Waals surface area contributed by atoms with Gasteiger partial charge in [0.2, 0.25) is 6.29 Å². The molecular weight excluding hydrogens is 638 g/mol. The SMILES string of the molecule is c1ccc(O[C@@H]2O[C@@H]3CO[C@@H]([C@H]3Op3oc4ccccc4c4ccccc4o3)[C@H]2Op2oc3ccccc3c3ccccc3o2)cc1. The van der Waals surface area contributed by atoms with E-state index in [-0.39, 0.29) is 6.61 Å². The molecule has 47 heavy (non-hydrogen) atoms. The van der Waals surface area contributed by atoms with Crippen LogP contribution in [0.4, 0.5) is 0 Å². The van der Waals surface area contributed by atoms with Crippen molar-refractivity contribution in [1.82, 2.24) is 0 Å². The molecule has 2 fully saturated rings. The average Bonchev–Trinajstić information content (AvgIpc) is 3.22. The van der Waals surface area contributed by atoms with E-state index in [4.69, 9.17) is 40.0 Å². The Hall–Kier alpha value is -4.46. The van der Waals surface area contributed by atoms with E-state index in [1.54, 1.807) is 0 Å². The van der Waals surface area contributed by atoms with Gasteiger partial charge in [-0.1, -0.05) is 91.0 Å². The van der Waals surface area contributed by atoms with Crippen molar-refractivity contribution in [3.05, 3.63) is 127 Å². The van der Waals surface area contributed by atoms with Crippen molar-refractivity contribution in [2.45, 2.75) is 30.7 Å². The van der Waals surface area contributed by atoms with Crippen LogP contribution in [0, 0.1) is 0 Å². The van der Waals surface area contributed by atoms with Crippen molar-refractivity contribution in [3.8, 4) is 5.75 Å². The summed E-state index contributed by atoms with van der Waals surface area (Å²) >= 11 is 0. The molecule has 9 rings (SSSR count). The standard InChI is InChI=1S/C36H28O9P2/c1-2-12-23(13-3-1)38-36-35(45-47-42-30-20-10-6-16-26(30)27-17-7-11-21-31(27)43-47)34-33(32(39-36)22-37-34)44-46-40-28-18-8-4-14-24(28)25-15-5-9-19-29(25)41-46/h1-21,32-36H,22H2/t32-,33+,34+,35-,36-/m1/s1. The maximum absolute atomic E-state index is 6.69. The fraction of sp³-hybridized carbons (Fsp3) is 0.167. The van der Waals surface area contributed by atoms with Crippen molar-refractivity contribution in [3.63, 3.8) is 0 Å². The highest BCUT2D eigenvalue weighted by atomic mass is 31.1. The van der Waals surface area contributed by atoms with Gasteiger partial charge in [-0.2, -0.15) is 0 Å². The van der Waals surface area contributed by atoms with Crippen LogP contribution in [0.2, 0.25) is 0 Å². The van der Waals surface area contributed by atoms with Crippen LogP contribution in [0.15, 0.2) is 144 Å². The molecule has 2 aliphatic heterocycles. The number of hydrogen-bond acceptors (Lipinski definition) is 9. The predicted octanol–water partition coefficient (Wildman–Crippen LogP) is 9.39. The Morgan fingerprint density at radius 1 is 0.489 bits per heavy atom. The number of para-hydroxylation sites is 5. The number of rotatable bonds is 6. The second kappa shape index (κ2) is 12.3. The fourth-order valence-electron chi connectivity index (χ4n) is 6.09. The summed E-state index contributed by atoms with van der Waals surface area (Å²) in [6.45, 7) is 0.269. The highest BCUT2D eigenvalue weighted by Gasteiger charge is 2.55. The smallest absolute Gasteiger partial charge is 0.388 e. The lowest BCUT2D eigenvalue weighted by Crippen LogP contribution is -2.58. The minimum Gasteiger partial charge on any atom is -0.462 e. The monoisotopic (exact) mass is 666 g/mol. The Morgan fingerprint density at radius 2 is 0.915 bits per heavy atom. The van der Waals surface area contributed by atoms with Crippen molar-refractivity contribution in [1.29, 1.82) is 0 Å². The average molecular weight is 667 g/mol. The van der Waals surface area contributed by atoms with Gasteiger partial charge >= 0.3 is 16.5 Å². The topological polar surface area (TPSA) is 98.7 Å². The van der Waals surface area contributed by atoms with Crippen LogP contribution < -0.4 is 13.8 Å². The van der Waals surface area contributed by atoms with Crippen LogP contribution in [0.5, 0.6) is 5.75 Å². The van der Waals surface area contributed by atoms with E-state index >= 15 is 0 Å². The minimum atomic E-state index is -1.97. The van der Waals surface area contributed by atoms with Gasteiger partial charge in [-0.15, -0.1) is 0 Å². The molecule has 5 atom stereocenters. The molecule has 11 heteroatoms. The Morgan fingerprint density at radius 3 is 1.40 bits per heavy atom. The maximum atomic E-state index is 6.69. The van der Waals surface area contributed by atoms with Gasteiger partial charge in [-0.05, 0) is 36.4 Å². The molecule has 236 valence electrons. The zero-order valence-electron chi connectivity index (χ0n) is 24.8. The predicted molar refractivity (Wildman–Crippen MR) is 179 cm³/mol. The summed E-state index contributed by atoms with van der Waals surface area (Å²) < 4.78 is 58.1. The molecule has 2 bridgehead atoms. The summed E-state index contributed by atoms with van der Waals surface area (Å²) in [6.07, 6.45) is -3.33. The van der Waals surface area contributed by atoms with Crippen LogP contribution in [-0.4, -0.2) is 37.3 Å². The normalized spacial score (nSPS) is 22.2. The van der Waals surface area contributed by atoms with Gasteiger partial charge in [0.1, 0.15) is 46.4 Å². The third kappa shape index (κ3) is 5.51. The van der Waals surface area contributed by atoms with E-state index < -0.39 is 47.2 Å². The van der Waals surface area contributed by atoms with Crippen molar-refractivity contribution >= 4 is 60.4 Å². The molecule has 0 radical (unpaired) electrons. The molecule has 0 N–H and O–H groups in total. The van der Waals surface area contributed by atoms with Crippen LogP contribution >= 0.6 is 16.5 Å². The van der Waals surface area contributed by atoms with Gasteiger partial charge in [0.05, 0.1) is 6.61 Å². The van der Waals surface area contributed by atoms with Gasteiger partial charge in [-0.3, -0.25) is 9.05 Å². The van der Waals surface area contributed by atoms with Crippen molar-refractivity contribution in [2.24, 2.45) is 0 Å². The van der Waals surface area contributed by atoms with Crippen molar-refractivity contribution in [2.75, 3.05) is 6.61 Å². The van der Waals surface area contributed by atoms with Gasteiger partial charge in [-0.25, -0.2) is 0 Å². The first kappa shape index (κ1) is 28.7. The lowest BCUT2D eigenvalue weighted by atomic mass is 10.0. The highest BCUT2D eigenvalue weighted by Crippen LogP contribution is 2.42. The first-order valence-electron chi connectivity index (χ1n) is 15.3. The number of hydrogen-bond donors (Lipinski definition) is 0. The third-order valence-corrected chi connectivity index (χ3v) is 10.5. The first-order valence-corrected chi connectivity index (χ1v) is 17.5. The second-order valence-electron chi connectivity index (χ2n) is 11.2. The zero-order chi connectivity index (χ0) is 31.2. The van der Waals surface area contributed by atoms with E-state index in [1.807, 2.05) is 127 Å². The molecule has 0 aliphatic carbocycles. The molecule has 0 saturated carbocycles. The molecule has 2 aliphatic rings. The molecule has 0 amide bonds. The Labute approximate surface area is 270 Å². The summed E-state index contributed by atoms with van der Waals surface area (Å²) in [4.78, 5) is 0. The highest BCUT2D eigenvalue weighted by molar-refractivity contribution is 7.32. The molecule has 0 unspecified atom stereocenters. The molecule has 7 aromatic rings. The second-order valence-corrected chi connectivity index (χ2v) is 13.3. The lowest BCUT2D eigenvalue weighted by molar-refractivity contribution is -0.207. The summed E-state index contributed by atoms with van der Waals surface area (Å²) in [5.41, 5.74) is 2.65. The molecule has 0 spiro atoms. The summed E-state index contributed by atoms with van der Waals surface area (Å²) in [6, 6.07) is 40.7. The first-order chi connectivity index (χ1) is 23.3. The molecule has 9 nitrogen and oxygen atoms in total. The van der Waals surface area contributed by atoms with E-state index in [1.165, 1.54) is 0 Å². The van der Waals surface area contributed by atoms with E-state index in [2.05, 4.69) is 0 Å². The summed E-state index contributed by atoms with van der Waals surface area (Å²) in [5, 5.41) is 3.69. The summed E-state index contributed by atoms with van der Waals surface area (Å²) in [5.74, 6) is 0.629. The van der Waals surface area contributed by atoms with Crippen LogP contribution in [-0.2, 0) is 9.47 Å². The molecule has 2 aromatic heterocycles. The molecule has 5 aromatic carbocycles. The third-order valence-electron chi connectivity index (χ3n) is 8.28. The Balaban J connectivity index is 1.12. The quantitative estimate of drug-likeness (QED) is 0.172. The van der Waals surface area contributed by atoms with Crippen LogP contribution in [0.3, 0.4) is 0 Å². The van der Waals surface area contributed by atoms with Crippen LogP contribution in [0.25, 0.3) is 43.9 Å². The van der Waals surface area contributed by atoms with E-state index in [0.29, 0.717) is 28.1 Å². The van der Waals surface area contributed by atoms with Crippen LogP contribution in [0.1, 0.15) is 0 Å². The largest absolute Gasteiger partial charge is 0.462 e.